The van der Waals surface area contributed by atoms with E-state index >= 15 is 0 Å². The van der Waals surface area contributed by atoms with Crippen LogP contribution in [0.5, 0.6) is 0 Å². The summed E-state index contributed by atoms with van der Waals surface area (Å²) in [5.41, 5.74) is 3.74. The minimum absolute atomic E-state index is 0.0815. The Bertz CT molecular complexity index is 1100. The maximum Gasteiger partial charge on any atom is 0.279 e. The van der Waals surface area contributed by atoms with Crippen LogP contribution in [0.4, 0.5) is 0 Å². The van der Waals surface area contributed by atoms with Crippen LogP contribution in [0.15, 0.2) is 24.7 Å². The summed E-state index contributed by atoms with van der Waals surface area (Å²) in [4.78, 5) is 12.1. The molecule has 2 aliphatic rings. The zero-order valence-electron chi connectivity index (χ0n) is 15.7. The number of aromatic nitrogens is 4. The fourth-order valence-electron chi connectivity index (χ4n) is 4.58. The number of H-pyrrole nitrogens is 1. The van der Waals surface area contributed by atoms with Crippen molar-refractivity contribution in [3.05, 3.63) is 30.4 Å². The van der Waals surface area contributed by atoms with Crippen LogP contribution in [0.3, 0.4) is 0 Å². The fourth-order valence-corrected chi connectivity index (χ4v) is 5.97. The van der Waals surface area contributed by atoms with Crippen molar-refractivity contribution in [1.29, 1.82) is 0 Å². The van der Waals surface area contributed by atoms with Crippen LogP contribution in [0, 0.1) is 5.92 Å². The van der Waals surface area contributed by atoms with Crippen LogP contribution in [0.2, 0.25) is 0 Å². The molecule has 1 saturated carbocycles. The number of morpholine rings is 1. The molecule has 0 amide bonds. The number of aromatic amines is 1. The van der Waals surface area contributed by atoms with Gasteiger partial charge in [0, 0.05) is 43.1 Å². The van der Waals surface area contributed by atoms with E-state index in [0.717, 1.165) is 35.3 Å². The van der Waals surface area contributed by atoms with Gasteiger partial charge >= 0.3 is 0 Å². The van der Waals surface area contributed by atoms with Gasteiger partial charge in [-0.25, -0.2) is 9.97 Å². The number of ether oxygens (including phenoxy) is 1. The molecule has 1 saturated heterocycles. The predicted molar refractivity (Wildman–Crippen MR) is 104 cm³/mol. The van der Waals surface area contributed by atoms with Gasteiger partial charge in [-0.2, -0.15) is 17.4 Å². The van der Waals surface area contributed by atoms with Gasteiger partial charge in [0.15, 0.2) is 11.3 Å². The highest BCUT2D eigenvalue weighted by atomic mass is 32.2. The first kappa shape index (κ1) is 18.0. The highest BCUT2D eigenvalue weighted by molar-refractivity contribution is 7.87. The van der Waals surface area contributed by atoms with Crippen molar-refractivity contribution in [3.63, 3.8) is 0 Å². The molecule has 28 heavy (non-hydrogen) atoms. The van der Waals surface area contributed by atoms with Crippen molar-refractivity contribution >= 4 is 27.0 Å². The lowest BCUT2D eigenvalue weighted by Gasteiger charge is -2.27. The molecular weight excluding hydrogens is 380 g/mol. The van der Waals surface area contributed by atoms with E-state index in [4.69, 9.17) is 4.74 Å². The second-order valence-corrected chi connectivity index (χ2v) is 9.44. The molecule has 10 heteroatoms. The Kier molecular flexibility index (Phi) is 4.38. The molecular formula is C18H24N6O3S. The molecule has 9 nitrogen and oxygen atoms in total. The van der Waals surface area contributed by atoms with Crippen LogP contribution in [-0.4, -0.2) is 64.4 Å². The maximum atomic E-state index is 12.7. The molecule has 0 radical (unpaired) electrons. The van der Waals surface area contributed by atoms with E-state index < -0.39 is 10.2 Å². The smallest absolute Gasteiger partial charge is 0.279 e. The molecule has 5 rings (SSSR count). The zero-order valence-corrected chi connectivity index (χ0v) is 16.5. The molecule has 150 valence electrons. The van der Waals surface area contributed by atoms with Crippen LogP contribution in [-0.2, 0) is 14.9 Å². The first-order valence-electron chi connectivity index (χ1n) is 9.67. The molecule has 0 bridgehead atoms. The molecule has 3 atom stereocenters. The second kappa shape index (κ2) is 6.80. The number of hydrogen-bond acceptors (Lipinski definition) is 5. The van der Waals surface area contributed by atoms with E-state index in [0.29, 0.717) is 32.2 Å². The fraction of sp³-hybridized carbons (Fsp3) is 0.556. The Labute approximate surface area is 163 Å². The van der Waals surface area contributed by atoms with Gasteiger partial charge in [-0.15, -0.1) is 0 Å². The Balaban J connectivity index is 1.41. The van der Waals surface area contributed by atoms with Crippen molar-refractivity contribution in [1.82, 2.24) is 28.4 Å². The quantitative estimate of drug-likeness (QED) is 0.681. The number of nitrogens with zero attached hydrogens (tertiary/aromatic N) is 4. The Morgan fingerprint density at radius 3 is 2.86 bits per heavy atom. The third-order valence-electron chi connectivity index (χ3n) is 5.96. The van der Waals surface area contributed by atoms with Gasteiger partial charge in [0.1, 0.15) is 0 Å². The summed E-state index contributed by atoms with van der Waals surface area (Å²) in [7, 11) is -3.48. The molecule has 1 aliphatic carbocycles. The Morgan fingerprint density at radius 2 is 2.04 bits per heavy atom. The number of rotatable bonds is 4. The van der Waals surface area contributed by atoms with Gasteiger partial charge < -0.3 is 9.72 Å². The first-order valence-corrected chi connectivity index (χ1v) is 11.1. The summed E-state index contributed by atoms with van der Waals surface area (Å²) < 4.78 is 37.3. The molecule has 2 N–H and O–H groups in total. The van der Waals surface area contributed by atoms with E-state index in [9.17, 15) is 8.42 Å². The van der Waals surface area contributed by atoms with E-state index in [1.807, 2.05) is 18.5 Å². The number of fused-ring (bicyclic) bond motifs is 3. The highest BCUT2D eigenvalue weighted by Gasteiger charge is 2.37. The average Bonchev–Trinajstić information content (AvgIpc) is 3.39. The topological polar surface area (TPSA) is 105 Å². The summed E-state index contributed by atoms with van der Waals surface area (Å²) in [6.45, 7) is 3.91. The normalized spacial score (nSPS) is 27.1. The summed E-state index contributed by atoms with van der Waals surface area (Å²) >= 11 is 0. The van der Waals surface area contributed by atoms with Crippen LogP contribution in [0.1, 0.15) is 31.4 Å². The first-order chi connectivity index (χ1) is 13.5. The summed E-state index contributed by atoms with van der Waals surface area (Å²) in [6.07, 6.45) is 7.11. The minimum Gasteiger partial charge on any atom is -0.379 e. The van der Waals surface area contributed by atoms with Crippen LogP contribution < -0.4 is 4.72 Å². The molecule has 4 heterocycles. The minimum atomic E-state index is -3.48. The molecule has 1 aliphatic heterocycles. The van der Waals surface area contributed by atoms with Gasteiger partial charge in [0.05, 0.1) is 24.9 Å². The Morgan fingerprint density at radius 1 is 1.21 bits per heavy atom. The van der Waals surface area contributed by atoms with Crippen molar-refractivity contribution in [2.75, 3.05) is 26.3 Å². The van der Waals surface area contributed by atoms with Gasteiger partial charge in [0.25, 0.3) is 10.2 Å². The summed E-state index contributed by atoms with van der Waals surface area (Å²) in [5, 5.41) is 0. The molecule has 3 aromatic rings. The van der Waals surface area contributed by atoms with E-state index in [1.54, 1.807) is 6.20 Å². The highest BCUT2D eigenvalue weighted by Crippen LogP contribution is 2.40. The third kappa shape index (κ3) is 3.00. The number of nitrogens with one attached hydrogen (secondary N) is 2. The molecule has 2 fully saturated rings. The lowest BCUT2D eigenvalue weighted by molar-refractivity contribution is 0.0723. The average molecular weight is 404 g/mol. The molecule has 3 aromatic heterocycles. The van der Waals surface area contributed by atoms with Crippen LogP contribution >= 0.6 is 0 Å². The van der Waals surface area contributed by atoms with E-state index in [2.05, 4.69) is 31.0 Å². The standard InChI is InChI=1S/C18H24N6O3S/c1-12-8-13(22-28(25,26)23-4-6-27-7-5-23)9-14(12)16-10-20-17-11-21-18-15(24(16)17)2-3-19-18/h2-3,10-14,19,22H,4-9H2,1H3/t12-,13+,14+/m1/s1. The van der Waals surface area contributed by atoms with Crippen molar-refractivity contribution in [2.24, 2.45) is 5.92 Å². The molecule has 0 unspecified atom stereocenters. The predicted octanol–water partition coefficient (Wildman–Crippen LogP) is 1.26. The van der Waals surface area contributed by atoms with Gasteiger partial charge in [-0.05, 0) is 24.8 Å². The van der Waals surface area contributed by atoms with Crippen molar-refractivity contribution in [3.8, 4) is 0 Å². The zero-order chi connectivity index (χ0) is 19.3. The van der Waals surface area contributed by atoms with E-state index in [1.165, 1.54) is 4.31 Å². The molecule has 0 aromatic carbocycles. The lowest BCUT2D eigenvalue weighted by Crippen LogP contribution is -2.49. The monoisotopic (exact) mass is 404 g/mol. The lowest BCUT2D eigenvalue weighted by atomic mass is 9.95. The molecule has 0 spiro atoms. The number of hydrogen-bond donors (Lipinski definition) is 2. The van der Waals surface area contributed by atoms with Crippen LogP contribution in [0.25, 0.3) is 16.8 Å². The van der Waals surface area contributed by atoms with Gasteiger partial charge in [-0.1, -0.05) is 6.92 Å². The van der Waals surface area contributed by atoms with Gasteiger partial charge in [-0.3, -0.25) is 4.40 Å². The number of imidazole rings is 1. The maximum absolute atomic E-state index is 12.7. The summed E-state index contributed by atoms with van der Waals surface area (Å²) in [5.74, 6) is 0.576. The Hall–Kier alpha value is -2.01. The van der Waals surface area contributed by atoms with Gasteiger partial charge in [0.2, 0.25) is 0 Å². The van der Waals surface area contributed by atoms with Crippen molar-refractivity contribution < 1.29 is 13.2 Å². The summed E-state index contributed by atoms with van der Waals surface area (Å²) in [6, 6.07) is 1.92. The van der Waals surface area contributed by atoms with E-state index in [-0.39, 0.29) is 12.0 Å². The largest absolute Gasteiger partial charge is 0.379 e. The SMILES string of the molecule is C[C@@H]1C[C@H](NS(=O)(=O)N2CCOCC2)C[C@@H]1c1cnc2cnc3[nH]ccc3n12. The second-order valence-electron chi connectivity index (χ2n) is 7.73. The third-order valence-corrected chi connectivity index (χ3v) is 7.63. The van der Waals surface area contributed by atoms with Crippen molar-refractivity contribution in [2.45, 2.75) is 31.7 Å².